The van der Waals surface area contributed by atoms with Gasteiger partial charge in [-0.3, -0.25) is 10.1 Å². The standard InChI is InChI=1S/C6H5NO2S.C2H6.CH5N/c8-7(9)5-3-1-2-4-6(5)10;2*1-2/h1-4,10H;1-2H3;2H2,1H3. The van der Waals surface area contributed by atoms with E-state index in [1.807, 2.05) is 13.8 Å². The van der Waals surface area contributed by atoms with E-state index in [-0.39, 0.29) is 5.69 Å². The maximum atomic E-state index is 10.2. The molecule has 0 amide bonds. The Balaban J connectivity index is 0. The Labute approximate surface area is 89.7 Å². The highest BCUT2D eigenvalue weighted by molar-refractivity contribution is 7.80. The number of para-hydroxylation sites is 1. The number of nitro benzene ring substituents is 1. The summed E-state index contributed by atoms with van der Waals surface area (Å²) in [4.78, 5) is 10.1. The summed E-state index contributed by atoms with van der Waals surface area (Å²) in [5, 5.41) is 10.2. The fourth-order valence-corrected chi connectivity index (χ4v) is 0.861. The van der Waals surface area contributed by atoms with E-state index in [0.29, 0.717) is 4.90 Å². The van der Waals surface area contributed by atoms with E-state index >= 15 is 0 Å². The molecule has 0 aromatic heterocycles. The summed E-state index contributed by atoms with van der Waals surface area (Å²) in [6.45, 7) is 4.00. The van der Waals surface area contributed by atoms with Gasteiger partial charge in [0.1, 0.15) is 0 Å². The molecule has 1 rings (SSSR count). The van der Waals surface area contributed by atoms with Crippen molar-refractivity contribution in [1.82, 2.24) is 0 Å². The van der Waals surface area contributed by atoms with Crippen LogP contribution in [0.3, 0.4) is 0 Å². The third-order valence-electron chi connectivity index (χ3n) is 1.08. The van der Waals surface area contributed by atoms with E-state index in [4.69, 9.17) is 0 Å². The summed E-state index contributed by atoms with van der Waals surface area (Å²) >= 11 is 3.90. The number of hydrogen-bond donors (Lipinski definition) is 2. The van der Waals surface area contributed by atoms with Crippen molar-refractivity contribution in [2.24, 2.45) is 5.73 Å². The van der Waals surface area contributed by atoms with Crippen molar-refractivity contribution in [3.05, 3.63) is 34.4 Å². The van der Waals surface area contributed by atoms with Crippen molar-refractivity contribution in [3.63, 3.8) is 0 Å². The van der Waals surface area contributed by atoms with Crippen molar-refractivity contribution < 1.29 is 4.92 Å². The summed E-state index contributed by atoms with van der Waals surface area (Å²) < 4.78 is 0. The van der Waals surface area contributed by atoms with Gasteiger partial charge in [0.2, 0.25) is 0 Å². The first-order valence-electron chi connectivity index (χ1n) is 4.22. The molecule has 80 valence electrons. The number of nitrogens with two attached hydrogens (primary N) is 1. The van der Waals surface area contributed by atoms with Gasteiger partial charge in [0.15, 0.2) is 0 Å². The first kappa shape index (κ1) is 15.4. The molecular weight excluding hydrogens is 200 g/mol. The highest BCUT2D eigenvalue weighted by Crippen LogP contribution is 2.20. The van der Waals surface area contributed by atoms with Crippen LogP contribution < -0.4 is 5.73 Å². The van der Waals surface area contributed by atoms with E-state index in [9.17, 15) is 10.1 Å². The zero-order valence-corrected chi connectivity index (χ0v) is 9.49. The van der Waals surface area contributed by atoms with Crippen LogP contribution in [0.25, 0.3) is 0 Å². The Morgan fingerprint density at radius 2 is 1.71 bits per heavy atom. The van der Waals surface area contributed by atoms with Crippen LogP contribution in [-0.2, 0) is 0 Å². The number of benzene rings is 1. The second-order valence-corrected chi connectivity index (χ2v) is 2.23. The normalized spacial score (nSPS) is 7.50. The summed E-state index contributed by atoms with van der Waals surface area (Å²) in [5.41, 5.74) is 4.55. The summed E-state index contributed by atoms with van der Waals surface area (Å²) in [7, 11) is 1.50. The molecule has 5 heteroatoms. The van der Waals surface area contributed by atoms with Gasteiger partial charge in [0.25, 0.3) is 5.69 Å². The second kappa shape index (κ2) is 10.0. The topological polar surface area (TPSA) is 69.2 Å². The van der Waals surface area contributed by atoms with Crippen LogP contribution in [0.1, 0.15) is 13.8 Å². The molecule has 0 unspecified atom stereocenters. The predicted octanol–water partition coefficient (Wildman–Crippen LogP) is 2.48. The molecule has 2 N–H and O–H groups in total. The lowest BCUT2D eigenvalue weighted by molar-refractivity contribution is -0.387. The largest absolute Gasteiger partial charge is 0.333 e. The zero-order valence-electron chi connectivity index (χ0n) is 8.60. The molecule has 0 fully saturated rings. The fraction of sp³-hybridized carbons (Fsp3) is 0.333. The van der Waals surface area contributed by atoms with Crippen LogP contribution in [-0.4, -0.2) is 12.0 Å². The van der Waals surface area contributed by atoms with Gasteiger partial charge in [-0.1, -0.05) is 26.0 Å². The van der Waals surface area contributed by atoms with E-state index < -0.39 is 4.92 Å². The molecule has 1 aromatic rings. The Bertz CT molecular complexity index is 267. The molecule has 0 aliphatic rings. The maximum absolute atomic E-state index is 10.2. The van der Waals surface area contributed by atoms with Gasteiger partial charge in [-0.15, -0.1) is 12.6 Å². The predicted molar refractivity (Wildman–Crippen MR) is 61.8 cm³/mol. The molecule has 0 atom stereocenters. The average molecular weight is 216 g/mol. The van der Waals surface area contributed by atoms with Crippen LogP contribution in [0.2, 0.25) is 0 Å². The number of nitro groups is 1. The summed E-state index contributed by atoms with van der Waals surface area (Å²) in [6, 6.07) is 6.32. The minimum atomic E-state index is -0.456. The summed E-state index contributed by atoms with van der Waals surface area (Å²) in [5.74, 6) is 0. The highest BCUT2D eigenvalue weighted by atomic mass is 32.1. The third kappa shape index (κ3) is 5.55. The first-order chi connectivity index (χ1) is 6.72. The van der Waals surface area contributed by atoms with E-state index in [1.165, 1.54) is 13.1 Å². The molecule has 0 saturated heterocycles. The number of hydrogen-bond acceptors (Lipinski definition) is 4. The van der Waals surface area contributed by atoms with Crippen LogP contribution >= 0.6 is 12.6 Å². The summed E-state index contributed by atoms with van der Waals surface area (Å²) in [6.07, 6.45) is 0. The van der Waals surface area contributed by atoms with E-state index in [0.717, 1.165) is 0 Å². The lowest BCUT2D eigenvalue weighted by Crippen LogP contribution is -1.87. The van der Waals surface area contributed by atoms with Crippen LogP contribution in [0.4, 0.5) is 5.69 Å². The van der Waals surface area contributed by atoms with Crippen LogP contribution in [0.5, 0.6) is 0 Å². The number of rotatable bonds is 1. The maximum Gasteiger partial charge on any atom is 0.282 e. The Morgan fingerprint density at radius 1 is 1.29 bits per heavy atom. The van der Waals surface area contributed by atoms with E-state index in [2.05, 4.69) is 18.4 Å². The zero-order chi connectivity index (χ0) is 11.6. The van der Waals surface area contributed by atoms with Crippen molar-refractivity contribution in [1.29, 1.82) is 0 Å². The van der Waals surface area contributed by atoms with Gasteiger partial charge >= 0.3 is 0 Å². The van der Waals surface area contributed by atoms with Crippen LogP contribution in [0.15, 0.2) is 29.2 Å². The molecule has 0 heterocycles. The molecule has 0 aliphatic carbocycles. The van der Waals surface area contributed by atoms with Gasteiger partial charge in [-0.25, -0.2) is 0 Å². The van der Waals surface area contributed by atoms with Crippen molar-refractivity contribution in [2.75, 3.05) is 7.05 Å². The molecule has 4 nitrogen and oxygen atoms in total. The number of nitrogens with zero attached hydrogens (tertiary/aromatic N) is 1. The minimum Gasteiger partial charge on any atom is -0.333 e. The Kier molecular flexibility index (Phi) is 11.0. The van der Waals surface area contributed by atoms with E-state index in [1.54, 1.807) is 18.2 Å². The molecule has 0 aliphatic heterocycles. The fourth-order valence-electron chi connectivity index (χ4n) is 0.619. The molecule has 0 bridgehead atoms. The smallest absolute Gasteiger partial charge is 0.282 e. The van der Waals surface area contributed by atoms with Gasteiger partial charge in [-0.05, 0) is 13.1 Å². The first-order valence-corrected chi connectivity index (χ1v) is 4.66. The highest BCUT2D eigenvalue weighted by Gasteiger charge is 2.06. The monoisotopic (exact) mass is 216 g/mol. The molecule has 1 aromatic carbocycles. The second-order valence-electron chi connectivity index (χ2n) is 1.75. The lowest BCUT2D eigenvalue weighted by atomic mass is 10.3. The van der Waals surface area contributed by atoms with Crippen molar-refractivity contribution in [2.45, 2.75) is 18.7 Å². The molecule has 14 heavy (non-hydrogen) atoms. The third-order valence-corrected chi connectivity index (χ3v) is 1.46. The average Bonchev–Trinajstić information content (AvgIpc) is 2.24. The quantitative estimate of drug-likeness (QED) is 0.430. The minimum absolute atomic E-state index is 0.0471. The molecule has 0 saturated carbocycles. The van der Waals surface area contributed by atoms with Gasteiger partial charge in [-0.2, -0.15) is 0 Å². The van der Waals surface area contributed by atoms with Crippen molar-refractivity contribution in [3.8, 4) is 0 Å². The Morgan fingerprint density at radius 3 is 2.00 bits per heavy atom. The Hall–Kier alpha value is -1.07. The molecular formula is C9H16N2O2S. The number of thiol groups is 1. The lowest BCUT2D eigenvalue weighted by Gasteiger charge is -1.91. The van der Waals surface area contributed by atoms with Gasteiger partial charge < -0.3 is 5.73 Å². The van der Waals surface area contributed by atoms with Gasteiger partial charge in [0, 0.05) is 6.07 Å². The van der Waals surface area contributed by atoms with Crippen molar-refractivity contribution >= 4 is 18.3 Å². The molecule has 0 radical (unpaired) electrons. The molecule has 0 spiro atoms. The van der Waals surface area contributed by atoms with Gasteiger partial charge in [0.05, 0.1) is 9.82 Å². The SMILES string of the molecule is CC.CN.O=[N+]([O-])c1ccccc1S. The van der Waals surface area contributed by atoms with Crippen LogP contribution in [0, 0.1) is 10.1 Å².